The zero-order valence-electron chi connectivity index (χ0n) is 16.0. The zero-order valence-corrected chi connectivity index (χ0v) is 16.0. The van der Waals surface area contributed by atoms with E-state index < -0.39 is 5.82 Å². The van der Waals surface area contributed by atoms with Gasteiger partial charge in [-0.3, -0.25) is 0 Å². The van der Waals surface area contributed by atoms with Crippen LogP contribution in [-0.2, 0) is 11.2 Å². The van der Waals surface area contributed by atoms with Crippen molar-refractivity contribution in [2.24, 2.45) is 0 Å². The van der Waals surface area contributed by atoms with Crippen molar-refractivity contribution in [2.75, 3.05) is 43.1 Å². The number of hydrogen-bond donors (Lipinski definition) is 2. The first-order valence-electron chi connectivity index (χ1n) is 9.71. The average Bonchev–Trinajstić information content (AvgIpc) is 2.75. The summed E-state index contributed by atoms with van der Waals surface area (Å²) in [5, 5.41) is 6.13. The largest absolute Gasteiger partial charge is 0.378 e. The maximum absolute atomic E-state index is 14.6. The van der Waals surface area contributed by atoms with Gasteiger partial charge in [-0.15, -0.1) is 0 Å². The summed E-state index contributed by atoms with van der Waals surface area (Å²) in [5.74, 6) is 0.274. The van der Waals surface area contributed by atoms with E-state index in [4.69, 9.17) is 4.74 Å². The molecule has 6 nitrogen and oxygen atoms in total. The Hall–Kier alpha value is -3.19. The average molecular weight is 394 g/mol. The molecular formula is C22H23FN4O2. The first kappa shape index (κ1) is 19.1. The van der Waals surface area contributed by atoms with Crippen molar-refractivity contribution in [1.29, 1.82) is 0 Å². The number of morpholine rings is 1. The number of halogens is 1. The number of hydrogen-bond acceptors (Lipinski definition) is 4. The Morgan fingerprint density at radius 2 is 1.90 bits per heavy atom. The Morgan fingerprint density at radius 3 is 2.69 bits per heavy atom. The Kier molecular flexibility index (Phi) is 5.86. The van der Waals surface area contributed by atoms with Crippen LogP contribution in [0.15, 0.2) is 54.6 Å². The molecule has 1 saturated heterocycles. The van der Waals surface area contributed by atoms with E-state index in [0.29, 0.717) is 36.3 Å². The van der Waals surface area contributed by atoms with E-state index in [1.807, 2.05) is 42.5 Å². The second kappa shape index (κ2) is 8.87. The molecular weight excluding hydrogens is 371 g/mol. The molecule has 0 bridgehead atoms. The molecule has 2 N–H and O–H groups in total. The minimum absolute atomic E-state index is 0.295. The number of aromatic nitrogens is 1. The van der Waals surface area contributed by atoms with Gasteiger partial charge in [0.1, 0.15) is 11.3 Å². The van der Waals surface area contributed by atoms with Crippen LogP contribution in [0.3, 0.4) is 0 Å². The monoisotopic (exact) mass is 394 g/mol. The van der Waals surface area contributed by atoms with Crippen LogP contribution in [0.1, 0.15) is 5.56 Å². The normalized spacial score (nSPS) is 14.0. The fourth-order valence-electron chi connectivity index (χ4n) is 3.36. The smallest absolute Gasteiger partial charge is 0.319 e. The predicted octanol–water partition coefficient (Wildman–Crippen LogP) is 3.57. The lowest BCUT2D eigenvalue weighted by atomic mass is 10.1. The van der Waals surface area contributed by atoms with E-state index in [1.54, 1.807) is 6.07 Å². The highest BCUT2D eigenvalue weighted by Crippen LogP contribution is 2.25. The van der Waals surface area contributed by atoms with E-state index in [0.717, 1.165) is 30.9 Å². The summed E-state index contributed by atoms with van der Waals surface area (Å²) in [6.07, 6.45) is 0.731. The van der Waals surface area contributed by atoms with Gasteiger partial charge in [0.05, 0.1) is 13.2 Å². The van der Waals surface area contributed by atoms with Crippen LogP contribution < -0.4 is 15.5 Å². The number of nitrogens with zero attached hydrogens (tertiary/aromatic N) is 2. The number of fused-ring (bicyclic) bond motifs is 1. The van der Waals surface area contributed by atoms with Gasteiger partial charge >= 0.3 is 6.03 Å². The molecule has 0 spiro atoms. The molecule has 0 saturated carbocycles. The number of urea groups is 1. The number of benzene rings is 2. The number of nitrogens with one attached hydrogen (secondary N) is 2. The molecule has 1 aromatic heterocycles. The van der Waals surface area contributed by atoms with Crippen molar-refractivity contribution in [3.05, 3.63) is 66.0 Å². The van der Waals surface area contributed by atoms with Gasteiger partial charge in [0.25, 0.3) is 0 Å². The van der Waals surface area contributed by atoms with E-state index in [-0.39, 0.29) is 6.03 Å². The van der Waals surface area contributed by atoms with Gasteiger partial charge in [-0.2, -0.15) is 0 Å². The van der Waals surface area contributed by atoms with Crippen molar-refractivity contribution in [3.63, 3.8) is 0 Å². The summed E-state index contributed by atoms with van der Waals surface area (Å²) in [4.78, 5) is 18.7. The third-order valence-electron chi connectivity index (χ3n) is 4.87. The molecule has 2 amide bonds. The van der Waals surface area contributed by atoms with Crippen LogP contribution in [-0.4, -0.2) is 43.9 Å². The topological polar surface area (TPSA) is 66.5 Å². The van der Waals surface area contributed by atoms with Gasteiger partial charge in [-0.1, -0.05) is 30.3 Å². The second-order valence-corrected chi connectivity index (χ2v) is 6.92. The third kappa shape index (κ3) is 4.81. The number of anilines is 2. The van der Waals surface area contributed by atoms with Crippen LogP contribution in [0, 0.1) is 5.82 Å². The molecule has 0 atom stereocenters. The van der Waals surface area contributed by atoms with Crippen molar-refractivity contribution in [2.45, 2.75) is 6.42 Å². The predicted molar refractivity (Wildman–Crippen MR) is 112 cm³/mol. The number of amides is 2. The minimum Gasteiger partial charge on any atom is -0.378 e. The summed E-state index contributed by atoms with van der Waals surface area (Å²) in [7, 11) is 0. The van der Waals surface area contributed by atoms with Crippen LogP contribution in [0.4, 0.5) is 20.7 Å². The standard InChI is InChI=1S/C22H23FN4O2/c23-19-15-18(25-22(28)24-9-8-16-4-2-1-3-5-16)14-17-6-7-20(26-21(17)19)27-10-12-29-13-11-27/h1-7,14-15H,8-13H2,(H2,24,25,28). The number of pyridine rings is 1. The van der Waals surface area contributed by atoms with Gasteiger partial charge in [0.15, 0.2) is 5.82 Å². The van der Waals surface area contributed by atoms with Gasteiger partial charge < -0.3 is 20.3 Å². The van der Waals surface area contributed by atoms with Crippen LogP contribution in [0.2, 0.25) is 0 Å². The summed E-state index contributed by atoms with van der Waals surface area (Å²) in [6, 6.07) is 16.3. The highest BCUT2D eigenvalue weighted by Gasteiger charge is 2.15. The summed E-state index contributed by atoms with van der Waals surface area (Å²) in [5.41, 5.74) is 1.84. The second-order valence-electron chi connectivity index (χ2n) is 6.92. The fraction of sp³-hybridized carbons (Fsp3) is 0.273. The molecule has 3 aromatic rings. The summed E-state index contributed by atoms with van der Waals surface area (Å²) >= 11 is 0. The molecule has 0 aliphatic carbocycles. The van der Waals surface area contributed by atoms with Gasteiger partial charge in [0, 0.05) is 30.7 Å². The maximum atomic E-state index is 14.6. The summed E-state index contributed by atoms with van der Waals surface area (Å²) in [6.45, 7) is 3.26. The Labute approximate surface area is 168 Å². The van der Waals surface area contributed by atoms with Crippen molar-refractivity contribution in [3.8, 4) is 0 Å². The molecule has 2 aromatic carbocycles. The van der Waals surface area contributed by atoms with E-state index in [2.05, 4.69) is 20.5 Å². The molecule has 1 fully saturated rings. The lowest BCUT2D eigenvalue weighted by Gasteiger charge is -2.28. The molecule has 7 heteroatoms. The first-order chi connectivity index (χ1) is 14.2. The highest BCUT2D eigenvalue weighted by atomic mass is 19.1. The van der Waals surface area contributed by atoms with Gasteiger partial charge in [-0.25, -0.2) is 14.2 Å². The number of carbonyl (C=O) groups excluding carboxylic acids is 1. The molecule has 0 unspecified atom stereocenters. The minimum atomic E-state index is -0.461. The molecule has 0 radical (unpaired) electrons. The van der Waals surface area contributed by atoms with Crippen molar-refractivity contribution >= 4 is 28.4 Å². The Balaban J connectivity index is 1.40. The fourth-order valence-corrected chi connectivity index (χ4v) is 3.36. The molecule has 2 heterocycles. The molecule has 29 heavy (non-hydrogen) atoms. The van der Waals surface area contributed by atoms with Crippen LogP contribution in [0.5, 0.6) is 0 Å². The third-order valence-corrected chi connectivity index (χ3v) is 4.87. The van der Waals surface area contributed by atoms with Crippen LogP contribution >= 0.6 is 0 Å². The molecule has 1 aliphatic heterocycles. The first-order valence-corrected chi connectivity index (χ1v) is 9.71. The SMILES string of the molecule is O=C(NCCc1ccccc1)Nc1cc(F)c2nc(N3CCOCC3)ccc2c1. The highest BCUT2D eigenvalue weighted by molar-refractivity contribution is 5.93. The zero-order chi connectivity index (χ0) is 20.1. The maximum Gasteiger partial charge on any atom is 0.319 e. The number of carbonyl (C=O) groups is 1. The van der Waals surface area contributed by atoms with Crippen molar-refractivity contribution in [1.82, 2.24) is 10.3 Å². The lowest BCUT2D eigenvalue weighted by Crippen LogP contribution is -2.36. The molecule has 4 rings (SSSR count). The number of ether oxygens (including phenoxy) is 1. The van der Waals surface area contributed by atoms with E-state index in [1.165, 1.54) is 6.07 Å². The molecule has 150 valence electrons. The Morgan fingerprint density at radius 1 is 1.10 bits per heavy atom. The van der Waals surface area contributed by atoms with Crippen molar-refractivity contribution < 1.29 is 13.9 Å². The lowest BCUT2D eigenvalue weighted by molar-refractivity contribution is 0.122. The quantitative estimate of drug-likeness (QED) is 0.694. The van der Waals surface area contributed by atoms with E-state index >= 15 is 0 Å². The summed E-state index contributed by atoms with van der Waals surface area (Å²) < 4.78 is 20.0. The molecule has 1 aliphatic rings. The number of rotatable bonds is 5. The van der Waals surface area contributed by atoms with Crippen LogP contribution in [0.25, 0.3) is 10.9 Å². The Bertz CT molecular complexity index is 991. The van der Waals surface area contributed by atoms with Gasteiger partial charge in [-0.05, 0) is 36.2 Å². The van der Waals surface area contributed by atoms with Gasteiger partial charge in [0.2, 0.25) is 0 Å². The van der Waals surface area contributed by atoms with E-state index in [9.17, 15) is 9.18 Å².